The van der Waals surface area contributed by atoms with Crippen LogP contribution in [0.25, 0.3) is 0 Å². The highest BCUT2D eigenvalue weighted by atomic mass is 19.4. The fourth-order valence-electron chi connectivity index (χ4n) is 1.60. The molecule has 0 aliphatic rings. The summed E-state index contributed by atoms with van der Waals surface area (Å²) in [7, 11) is 1.56. The first kappa shape index (κ1) is 15.8. The van der Waals surface area contributed by atoms with E-state index in [4.69, 9.17) is 4.74 Å². The average Bonchev–Trinajstić information content (AvgIpc) is 2.33. The van der Waals surface area contributed by atoms with E-state index in [1.54, 1.807) is 13.2 Å². The number of aliphatic hydroxyl groups excluding tert-OH is 1. The SMILES string of the molecule is COC(C)CCC(O)c1cccc(OC(F)(F)F)c1. The maximum Gasteiger partial charge on any atom is 0.573 e. The van der Waals surface area contributed by atoms with Crippen LogP contribution in [-0.4, -0.2) is 24.7 Å². The molecule has 1 rings (SSSR count). The van der Waals surface area contributed by atoms with Gasteiger partial charge in [0.25, 0.3) is 0 Å². The molecule has 0 amide bonds. The maximum absolute atomic E-state index is 12.1. The summed E-state index contributed by atoms with van der Waals surface area (Å²) in [5.41, 5.74) is 0.394. The van der Waals surface area contributed by atoms with Gasteiger partial charge in [-0.3, -0.25) is 0 Å². The first-order chi connectivity index (χ1) is 8.81. The van der Waals surface area contributed by atoms with Gasteiger partial charge in [0.2, 0.25) is 0 Å². The van der Waals surface area contributed by atoms with Gasteiger partial charge in [-0.15, -0.1) is 13.2 Å². The lowest BCUT2D eigenvalue weighted by molar-refractivity contribution is -0.274. The normalized spacial score (nSPS) is 15.1. The number of ether oxygens (including phenoxy) is 2. The summed E-state index contributed by atoms with van der Waals surface area (Å²) in [5.74, 6) is -0.330. The number of alkyl halides is 3. The van der Waals surface area contributed by atoms with E-state index in [-0.39, 0.29) is 11.9 Å². The van der Waals surface area contributed by atoms with E-state index < -0.39 is 12.5 Å². The third-order valence-electron chi connectivity index (χ3n) is 2.73. The van der Waals surface area contributed by atoms with Crippen LogP contribution in [0.4, 0.5) is 13.2 Å². The van der Waals surface area contributed by atoms with Crippen LogP contribution in [0.1, 0.15) is 31.4 Å². The van der Waals surface area contributed by atoms with Gasteiger partial charge in [0, 0.05) is 7.11 Å². The Balaban J connectivity index is 2.65. The highest BCUT2D eigenvalue weighted by Crippen LogP contribution is 2.27. The minimum absolute atomic E-state index is 0.00995. The van der Waals surface area contributed by atoms with E-state index in [2.05, 4.69) is 4.74 Å². The molecule has 1 N–H and O–H groups in total. The third kappa shape index (κ3) is 5.94. The summed E-state index contributed by atoms with van der Waals surface area (Å²) in [6, 6.07) is 5.36. The van der Waals surface area contributed by atoms with Crippen LogP contribution in [0, 0.1) is 0 Å². The minimum atomic E-state index is -4.73. The van der Waals surface area contributed by atoms with Gasteiger partial charge in [0.05, 0.1) is 12.2 Å². The quantitative estimate of drug-likeness (QED) is 0.866. The van der Waals surface area contributed by atoms with Gasteiger partial charge in [-0.25, -0.2) is 0 Å². The lowest BCUT2D eigenvalue weighted by Crippen LogP contribution is -2.17. The lowest BCUT2D eigenvalue weighted by atomic mass is 10.0. The van der Waals surface area contributed by atoms with Crippen molar-refractivity contribution in [3.8, 4) is 5.75 Å². The summed E-state index contributed by atoms with van der Waals surface area (Å²) < 4.78 is 45.1. The fourth-order valence-corrected chi connectivity index (χ4v) is 1.60. The molecule has 6 heteroatoms. The van der Waals surface area contributed by atoms with Crippen LogP contribution in [0.2, 0.25) is 0 Å². The molecule has 0 bridgehead atoms. The van der Waals surface area contributed by atoms with E-state index in [1.165, 1.54) is 18.2 Å². The number of hydrogen-bond donors (Lipinski definition) is 1. The molecule has 0 saturated carbocycles. The minimum Gasteiger partial charge on any atom is -0.406 e. The van der Waals surface area contributed by atoms with E-state index in [9.17, 15) is 18.3 Å². The Morgan fingerprint density at radius 2 is 1.95 bits per heavy atom. The van der Waals surface area contributed by atoms with Gasteiger partial charge in [-0.1, -0.05) is 12.1 Å². The zero-order chi connectivity index (χ0) is 14.5. The van der Waals surface area contributed by atoms with E-state index in [1.807, 2.05) is 6.92 Å². The topological polar surface area (TPSA) is 38.7 Å². The molecule has 0 spiro atoms. The monoisotopic (exact) mass is 278 g/mol. The molecular weight excluding hydrogens is 261 g/mol. The average molecular weight is 278 g/mol. The molecule has 3 nitrogen and oxygen atoms in total. The van der Waals surface area contributed by atoms with Gasteiger partial charge in [0.15, 0.2) is 0 Å². The molecular formula is C13H17F3O3. The summed E-state index contributed by atoms with van der Waals surface area (Å²) in [6.07, 6.45) is -4.56. The zero-order valence-electron chi connectivity index (χ0n) is 10.8. The predicted molar refractivity (Wildman–Crippen MR) is 63.8 cm³/mol. The van der Waals surface area contributed by atoms with E-state index >= 15 is 0 Å². The van der Waals surface area contributed by atoms with E-state index in [0.717, 1.165) is 0 Å². The molecule has 0 fully saturated rings. The first-order valence-electron chi connectivity index (χ1n) is 5.88. The molecule has 0 radical (unpaired) electrons. The van der Waals surface area contributed by atoms with Crippen molar-refractivity contribution < 1.29 is 27.8 Å². The highest BCUT2D eigenvalue weighted by molar-refractivity contribution is 5.30. The standard InChI is InChI=1S/C13H17F3O3/c1-9(18-2)6-7-12(17)10-4-3-5-11(8-10)19-13(14,15)16/h3-5,8-9,12,17H,6-7H2,1-2H3. The van der Waals surface area contributed by atoms with Gasteiger partial charge in [-0.2, -0.15) is 0 Å². The number of rotatable bonds is 6. The van der Waals surface area contributed by atoms with E-state index in [0.29, 0.717) is 18.4 Å². The maximum atomic E-state index is 12.1. The van der Waals surface area contributed by atoms with Gasteiger partial charge < -0.3 is 14.6 Å². The molecule has 108 valence electrons. The number of aliphatic hydroxyl groups is 1. The smallest absolute Gasteiger partial charge is 0.406 e. The van der Waals surface area contributed by atoms with Crippen molar-refractivity contribution in [3.05, 3.63) is 29.8 Å². The lowest BCUT2D eigenvalue weighted by Gasteiger charge is -2.15. The van der Waals surface area contributed by atoms with Crippen LogP contribution >= 0.6 is 0 Å². The Hall–Kier alpha value is -1.27. The van der Waals surface area contributed by atoms with Crippen LogP contribution in [-0.2, 0) is 4.74 Å². The van der Waals surface area contributed by atoms with Crippen LogP contribution in [0.15, 0.2) is 24.3 Å². The number of hydrogen-bond acceptors (Lipinski definition) is 3. The van der Waals surface area contributed by atoms with Crippen LogP contribution in [0.3, 0.4) is 0 Å². The highest BCUT2D eigenvalue weighted by Gasteiger charge is 2.31. The van der Waals surface area contributed by atoms with Crippen molar-refractivity contribution in [1.29, 1.82) is 0 Å². The molecule has 0 aromatic heterocycles. The second kappa shape index (κ2) is 6.77. The predicted octanol–water partition coefficient (Wildman–Crippen LogP) is 3.43. The Morgan fingerprint density at radius 3 is 2.53 bits per heavy atom. The van der Waals surface area contributed by atoms with Crippen molar-refractivity contribution in [2.24, 2.45) is 0 Å². The zero-order valence-corrected chi connectivity index (χ0v) is 10.8. The van der Waals surface area contributed by atoms with Crippen molar-refractivity contribution in [1.82, 2.24) is 0 Å². The van der Waals surface area contributed by atoms with Gasteiger partial charge >= 0.3 is 6.36 Å². The molecule has 0 aliphatic carbocycles. The van der Waals surface area contributed by atoms with Crippen molar-refractivity contribution in [2.45, 2.75) is 38.3 Å². The molecule has 0 saturated heterocycles. The van der Waals surface area contributed by atoms with Gasteiger partial charge in [0.1, 0.15) is 5.75 Å². The fraction of sp³-hybridized carbons (Fsp3) is 0.538. The van der Waals surface area contributed by atoms with Crippen molar-refractivity contribution in [3.63, 3.8) is 0 Å². The summed E-state index contributed by atoms with van der Waals surface area (Å²) >= 11 is 0. The second-order valence-corrected chi connectivity index (χ2v) is 4.26. The summed E-state index contributed by atoms with van der Waals surface area (Å²) in [4.78, 5) is 0. The Labute approximate surface area is 110 Å². The van der Waals surface area contributed by atoms with Crippen molar-refractivity contribution >= 4 is 0 Å². The summed E-state index contributed by atoms with van der Waals surface area (Å²) in [5, 5.41) is 9.90. The summed E-state index contributed by atoms with van der Waals surface area (Å²) in [6.45, 7) is 1.86. The van der Waals surface area contributed by atoms with Crippen LogP contribution < -0.4 is 4.74 Å². The molecule has 19 heavy (non-hydrogen) atoms. The first-order valence-corrected chi connectivity index (χ1v) is 5.88. The number of benzene rings is 1. The molecule has 0 aliphatic heterocycles. The number of halogens is 3. The second-order valence-electron chi connectivity index (χ2n) is 4.26. The molecule has 1 aromatic rings. The third-order valence-corrected chi connectivity index (χ3v) is 2.73. The van der Waals surface area contributed by atoms with Crippen molar-refractivity contribution in [2.75, 3.05) is 7.11 Å². The molecule has 2 unspecified atom stereocenters. The largest absolute Gasteiger partial charge is 0.573 e. The van der Waals surface area contributed by atoms with Crippen LogP contribution in [0.5, 0.6) is 5.75 Å². The molecule has 1 aromatic carbocycles. The Morgan fingerprint density at radius 1 is 1.26 bits per heavy atom. The number of methoxy groups -OCH3 is 1. The Bertz CT molecular complexity index is 393. The van der Waals surface area contributed by atoms with Gasteiger partial charge in [-0.05, 0) is 37.5 Å². The Kier molecular flexibility index (Phi) is 5.62. The molecule has 0 heterocycles. The molecule has 2 atom stereocenters.